The molecule has 0 aliphatic heterocycles. The SMILES string of the molecule is CC(C)C(O)C(=O)O[C@@H](C=O)[C@@H](O)C[C@@H](C)O. The smallest absolute Gasteiger partial charge is 0.336 e. The van der Waals surface area contributed by atoms with Gasteiger partial charge in [0.1, 0.15) is 6.10 Å². The molecule has 0 heterocycles. The average molecular weight is 248 g/mol. The van der Waals surface area contributed by atoms with Crippen molar-refractivity contribution in [3.63, 3.8) is 0 Å². The van der Waals surface area contributed by atoms with Gasteiger partial charge in [0.25, 0.3) is 0 Å². The molecule has 0 saturated heterocycles. The molecule has 1 unspecified atom stereocenters. The van der Waals surface area contributed by atoms with Crippen LogP contribution in [0.1, 0.15) is 27.2 Å². The summed E-state index contributed by atoms with van der Waals surface area (Å²) in [6, 6.07) is 0. The van der Waals surface area contributed by atoms with Crippen molar-refractivity contribution in [3.05, 3.63) is 0 Å². The first kappa shape index (κ1) is 16.0. The van der Waals surface area contributed by atoms with E-state index >= 15 is 0 Å². The van der Waals surface area contributed by atoms with Crippen molar-refractivity contribution in [2.45, 2.75) is 51.6 Å². The zero-order chi connectivity index (χ0) is 13.6. The van der Waals surface area contributed by atoms with Gasteiger partial charge >= 0.3 is 5.97 Å². The van der Waals surface area contributed by atoms with Gasteiger partial charge in [0.15, 0.2) is 18.5 Å². The van der Waals surface area contributed by atoms with Crippen LogP contribution in [0.15, 0.2) is 0 Å². The molecule has 0 radical (unpaired) electrons. The first-order chi connectivity index (χ1) is 7.79. The van der Waals surface area contributed by atoms with Crippen LogP contribution in [0.3, 0.4) is 0 Å². The highest BCUT2D eigenvalue weighted by Gasteiger charge is 2.28. The molecule has 6 heteroatoms. The Morgan fingerprint density at radius 2 is 1.76 bits per heavy atom. The van der Waals surface area contributed by atoms with Gasteiger partial charge in [-0.2, -0.15) is 0 Å². The Morgan fingerprint density at radius 3 is 2.12 bits per heavy atom. The number of ether oxygens (including phenoxy) is 1. The van der Waals surface area contributed by atoms with Gasteiger partial charge in [0.2, 0.25) is 0 Å². The zero-order valence-electron chi connectivity index (χ0n) is 10.2. The van der Waals surface area contributed by atoms with Crippen LogP contribution < -0.4 is 0 Å². The number of carbonyl (C=O) groups excluding carboxylic acids is 2. The Balaban J connectivity index is 4.39. The lowest BCUT2D eigenvalue weighted by atomic mass is 10.1. The molecule has 0 aromatic heterocycles. The van der Waals surface area contributed by atoms with Gasteiger partial charge in [0, 0.05) is 6.42 Å². The second-order valence-electron chi connectivity index (χ2n) is 4.38. The fraction of sp³-hybridized carbons (Fsp3) is 0.818. The molecule has 0 saturated carbocycles. The van der Waals surface area contributed by atoms with Gasteiger partial charge in [-0.25, -0.2) is 4.79 Å². The van der Waals surface area contributed by atoms with Crippen LogP contribution >= 0.6 is 0 Å². The van der Waals surface area contributed by atoms with Crippen molar-refractivity contribution in [3.8, 4) is 0 Å². The van der Waals surface area contributed by atoms with Gasteiger partial charge in [-0.15, -0.1) is 0 Å². The van der Waals surface area contributed by atoms with Crippen LogP contribution in [-0.4, -0.2) is 52.0 Å². The van der Waals surface area contributed by atoms with Crippen molar-refractivity contribution < 1.29 is 29.6 Å². The van der Waals surface area contributed by atoms with Crippen LogP contribution in [0.2, 0.25) is 0 Å². The van der Waals surface area contributed by atoms with E-state index in [2.05, 4.69) is 4.74 Å². The molecule has 100 valence electrons. The summed E-state index contributed by atoms with van der Waals surface area (Å²) in [5.74, 6) is -1.30. The van der Waals surface area contributed by atoms with Crippen LogP contribution in [-0.2, 0) is 14.3 Å². The first-order valence-electron chi connectivity index (χ1n) is 5.49. The third-order valence-corrected chi connectivity index (χ3v) is 2.22. The van der Waals surface area contributed by atoms with Gasteiger partial charge in [-0.1, -0.05) is 13.8 Å². The zero-order valence-corrected chi connectivity index (χ0v) is 10.2. The van der Waals surface area contributed by atoms with E-state index in [-0.39, 0.29) is 18.6 Å². The maximum absolute atomic E-state index is 11.3. The molecule has 4 atom stereocenters. The standard InChI is InChI=1S/C11H20O6/c1-6(2)10(15)11(16)17-9(5-12)8(14)4-7(3)13/h5-10,13-15H,4H2,1-3H3/t7-,8+,9+,10?/m1/s1. The van der Waals surface area contributed by atoms with Crippen molar-refractivity contribution in [2.75, 3.05) is 0 Å². The number of aliphatic hydroxyl groups is 3. The number of hydrogen-bond donors (Lipinski definition) is 3. The summed E-state index contributed by atoms with van der Waals surface area (Å²) in [6.07, 6.45) is -4.62. The van der Waals surface area contributed by atoms with E-state index in [0.29, 0.717) is 0 Å². The Morgan fingerprint density at radius 1 is 1.24 bits per heavy atom. The lowest BCUT2D eigenvalue weighted by molar-refractivity contribution is -0.169. The summed E-state index contributed by atoms with van der Waals surface area (Å²) in [4.78, 5) is 22.0. The number of aliphatic hydroxyl groups excluding tert-OH is 3. The second-order valence-corrected chi connectivity index (χ2v) is 4.38. The minimum atomic E-state index is -1.37. The maximum atomic E-state index is 11.3. The molecule has 0 aliphatic carbocycles. The minimum absolute atomic E-state index is 0.0888. The van der Waals surface area contributed by atoms with Crippen LogP contribution in [0, 0.1) is 5.92 Å². The predicted molar refractivity (Wildman–Crippen MR) is 59.1 cm³/mol. The normalized spacial score (nSPS) is 18.3. The third kappa shape index (κ3) is 5.76. The lowest BCUT2D eigenvalue weighted by Gasteiger charge is -2.21. The van der Waals surface area contributed by atoms with E-state index in [0.717, 1.165) is 0 Å². The van der Waals surface area contributed by atoms with Crippen LogP contribution in [0.5, 0.6) is 0 Å². The quantitative estimate of drug-likeness (QED) is 0.404. The Hall–Kier alpha value is -0.980. The van der Waals surface area contributed by atoms with E-state index < -0.39 is 30.4 Å². The third-order valence-electron chi connectivity index (χ3n) is 2.22. The van der Waals surface area contributed by atoms with E-state index in [1.54, 1.807) is 13.8 Å². The monoisotopic (exact) mass is 248 g/mol. The number of aldehydes is 1. The van der Waals surface area contributed by atoms with Crippen LogP contribution in [0.4, 0.5) is 0 Å². The molecule has 0 bridgehead atoms. The number of carbonyl (C=O) groups is 2. The predicted octanol–water partition coefficient (Wildman–Crippen LogP) is -0.754. The highest BCUT2D eigenvalue weighted by atomic mass is 16.6. The summed E-state index contributed by atoms with van der Waals surface area (Å²) < 4.78 is 4.67. The molecule has 3 N–H and O–H groups in total. The molecule has 0 spiro atoms. The molecule has 17 heavy (non-hydrogen) atoms. The average Bonchev–Trinajstić information content (AvgIpc) is 2.22. The van der Waals surface area contributed by atoms with E-state index in [4.69, 9.17) is 5.11 Å². The summed E-state index contributed by atoms with van der Waals surface area (Å²) in [6.45, 7) is 4.68. The summed E-state index contributed by atoms with van der Waals surface area (Å²) in [5, 5.41) is 27.9. The minimum Gasteiger partial charge on any atom is -0.450 e. The fourth-order valence-corrected chi connectivity index (χ4v) is 1.16. The fourth-order valence-electron chi connectivity index (χ4n) is 1.16. The molecule has 0 aromatic rings. The maximum Gasteiger partial charge on any atom is 0.336 e. The molecular weight excluding hydrogens is 228 g/mol. The topological polar surface area (TPSA) is 104 Å². The van der Waals surface area contributed by atoms with Gasteiger partial charge in [-0.05, 0) is 12.8 Å². The van der Waals surface area contributed by atoms with Crippen LogP contribution in [0.25, 0.3) is 0 Å². The lowest BCUT2D eigenvalue weighted by Crippen LogP contribution is -2.39. The molecule has 0 fully saturated rings. The van der Waals surface area contributed by atoms with Gasteiger partial charge < -0.3 is 20.1 Å². The summed E-state index contributed by atoms with van der Waals surface area (Å²) >= 11 is 0. The van der Waals surface area contributed by atoms with E-state index in [1.165, 1.54) is 6.92 Å². The van der Waals surface area contributed by atoms with Gasteiger partial charge in [-0.3, -0.25) is 4.79 Å². The summed E-state index contributed by atoms with van der Waals surface area (Å²) in [5.41, 5.74) is 0. The Bertz CT molecular complexity index is 250. The largest absolute Gasteiger partial charge is 0.450 e. The van der Waals surface area contributed by atoms with Crippen molar-refractivity contribution in [1.82, 2.24) is 0 Å². The second kappa shape index (κ2) is 7.37. The van der Waals surface area contributed by atoms with E-state index in [9.17, 15) is 19.8 Å². The highest BCUT2D eigenvalue weighted by molar-refractivity contribution is 5.77. The van der Waals surface area contributed by atoms with Gasteiger partial charge in [0.05, 0.1) is 6.10 Å². The first-order valence-corrected chi connectivity index (χ1v) is 5.49. The Labute approximate surface area is 100 Å². The van der Waals surface area contributed by atoms with Crippen molar-refractivity contribution in [2.24, 2.45) is 5.92 Å². The molecule has 0 amide bonds. The Kier molecular flexibility index (Phi) is 6.94. The number of rotatable bonds is 7. The summed E-state index contributed by atoms with van der Waals surface area (Å²) in [7, 11) is 0. The molecule has 0 aromatic carbocycles. The van der Waals surface area contributed by atoms with Crippen molar-refractivity contribution >= 4 is 12.3 Å². The number of hydrogen-bond acceptors (Lipinski definition) is 6. The van der Waals surface area contributed by atoms with Crippen molar-refractivity contribution in [1.29, 1.82) is 0 Å². The highest BCUT2D eigenvalue weighted by Crippen LogP contribution is 2.09. The number of esters is 1. The molecular formula is C11H20O6. The van der Waals surface area contributed by atoms with E-state index in [1.807, 2.05) is 0 Å². The molecule has 0 rings (SSSR count). The molecule has 0 aliphatic rings. The molecule has 6 nitrogen and oxygen atoms in total.